The Bertz CT molecular complexity index is 627. The summed E-state index contributed by atoms with van der Waals surface area (Å²) in [6.45, 7) is 5.89. The molecule has 3 heteroatoms. The van der Waals surface area contributed by atoms with E-state index in [0.29, 0.717) is 6.54 Å². The molecule has 0 saturated heterocycles. The molecule has 0 amide bonds. The van der Waals surface area contributed by atoms with Gasteiger partial charge in [0.25, 0.3) is 0 Å². The number of aryl methyl sites for hydroxylation is 3. The van der Waals surface area contributed by atoms with E-state index >= 15 is 0 Å². The SMILES string of the molecule is CCc1cc(CN)cc(N2CCCc3cc(C)ccc32)n1. The van der Waals surface area contributed by atoms with E-state index in [0.717, 1.165) is 36.5 Å². The third kappa shape index (κ3) is 2.79. The van der Waals surface area contributed by atoms with Gasteiger partial charge in [-0.1, -0.05) is 24.6 Å². The van der Waals surface area contributed by atoms with E-state index in [4.69, 9.17) is 10.7 Å². The van der Waals surface area contributed by atoms with Crippen molar-refractivity contribution in [1.82, 2.24) is 4.98 Å². The van der Waals surface area contributed by atoms with E-state index in [1.165, 1.54) is 23.2 Å². The van der Waals surface area contributed by atoms with Crippen LogP contribution in [0.2, 0.25) is 0 Å². The molecule has 0 saturated carbocycles. The number of aromatic nitrogens is 1. The molecule has 1 aromatic carbocycles. The third-order valence-corrected chi connectivity index (χ3v) is 4.15. The second-order valence-corrected chi connectivity index (χ2v) is 5.77. The molecule has 1 aliphatic rings. The van der Waals surface area contributed by atoms with Gasteiger partial charge in [0.1, 0.15) is 5.82 Å². The van der Waals surface area contributed by atoms with Crippen molar-refractivity contribution < 1.29 is 0 Å². The first kappa shape index (κ1) is 14.1. The van der Waals surface area contributed by atoms with Crippen molar-refractivity contribution in [3.63, 3.8) is 0 Å². The summed E-state index contributed by atoms with van der Waals surface area (Å²) in [5, 5.41) is 0. The normalized spacial score (nSPS) is 14.1. The summed E-state index contributed by atoms with van der Waals surface area (Å²) in [6.07, 6.45) is 3.27. The van der Waals surface area contributed by atoms with Crippen LogP contribution in [0.15, 0.2) is 30.3 Å². The number of nitrogens with zero attached hydrogens (tertiary/aromatic N) is 2. The second kappa shape index (κ2) is 5.86. The standard InChI is InChI=1S/C18H23N3/c1-3-16-10-14(12-19)11-18(20-16)21-8-4-5-15-9-13(2)6-7-17(15)21/h6-7,9-11H,3-5,8,12,19H2,1-2H3. The molecule has 0 aliphatic carbocycles. The molecular formula is C18H23N3. The molecule has 2 heterocycles. The van der Waals surface area contributed by atoms with Gasteiger partial charge in [-0.2, -0.15) is 0 Å². The summed E-state index contributed by atoms with van der Waals surface area (Å²) in [7, 11) is 0. The van der Waals surface area contributed by atoms with Gasteiger partial charge >= 0.3 is 0 Å². The number of nitrogens with two attached hydrogens (primary N) is 1. The van der Waals surface area contributed by atoms with Crippen LogP contribution in [0.5, 0.6) is 0 Å². The fourth-order valence-corrected chi connectivity index (χ4v) is 3.03. The largest absolute Gasteiger partial charge is 0.326 e. The molecule has 110 valence electrons. The number of benzene rings is 1. The van der Waals surface area contributed by atoms with Gasteiger partial charge in [-0.3, -0.25) is 0 Å². The van der Waals surface area contributed by atoms with Crippen LogP contribution in [0.4, 0.5) is 11.5 Å². The smallest absolute Gasteiger partial charge is 0.133 e. The third-order valence-electron chi connectivity index (χ3n) is 4.15. The average Bonchev–Trinajstić information content (AvgIpc) is 2.53. The zero-order valence-corrected chi connectivity index (χ0v) is 12.9. The Morgan fingerprint density at radius 2 is 2.10 bits per heavy atom. The maximum absolute atomic E-state index is 5.84. The molecule has 0 unspecified atom stereocenters. The molecule has 0 bridgehead atoms. The lowest BCUT2D eigenvalue weighted by Crippen LogP contribution is -2.26. The van der Waals surface area contributed by atoms with Crippen LogP contribution in [-0.4, -0.2) is 11.5 Å². The fraction of sp³-hybridized carbons (Fsp3) is 0.389. The van der Waals surface area contributed by atoms with Crippen molar-refractivity contribution in [3.8, 4) is 0 Å². The lowest BCUT2D eigenvalue weighted by molar-refractivity contribution is 0.755. The first-order valence-corrected chi connectivity index (χ1v) is 7.78. The van der Waals surface area contributed by atoms with Gasteiger partial charge in [-0.25, -0.2) is 4.98 Å². The van der Waals surface area contributed by atoms with E-state index in [1.807, 2.05) is 0 Å². The van der Waals surface area contributed by atoms with E-state index in [9.17, 15) is 0 Å². The Balaban J connectivity index is 2.06. The summed E-state index contributed by atoms with van der Waals surface area (Å²) in [4.78, 5) is 7.16. The highest BCUT2D eigenvalue weighted by Gasteiger charge is 2.19. The molecule has 2 aromatic rings. The fourth-order valence-electron chi connectivity index (χ4n) is 3.03. The summed E-state index contributed by atoms with van der Waals surface area (Å²) in [5.74, 6) is 1.04. The summed E-state index contributed by atoms with van der Waals surface area (Å²) in [6, 6.07) is 11.0. The van der Waals surface area contributed by atoms with Gasteiger partial charge in [0, 0.05) is 24.5 Å². The number of rotatable bonds is 3. The Labute approximate surface area is 126 Å². The number of anilines is 2. The number of hydrogen-bond donors (Lipinski definition) is 1. The van der Waals surface area contributed by atoms with Crippen LogP contribution < -0.4 is 10.6 Å². The summed E-state index contributed by atoms with van der Waals surface area (Å²) in [5.41, 5.74) is 12.2. The van der Waals surface area contributed by atoms with Gasteiger partial charge in [0.05, 0.1) is 0 Å². The van der Waals surface area contributed by atoms with Crippen molar-refractivity contribution in [2.24, 2.45) is 5.73 Å². The highest BCUT2D eigenvalue weighted by atomic mass is 15.2. The van der Waals surface area contributed by atoms with Crippen LogP contribution in [0.1, 0.15) is 35.7 Å². The first-order valence-electron chi connectivity index (χ1n) is 7.78. The van der Waals surface area contributed by atoms with Crippen LogP contribution in [0.3, 0.4) is 0 Å². The molecule has 3 nitrogen and oxygen atoms in total. The van der Waals surface area contributed by atoms with Crippen molar-refractivity contribution in [3.05, 3.63) is 52.7 Å². The molecular weight excluding hydrogens is 258 g/mol. The molecule has 21 heavy (non-hydrogen) atoms. The lowest BCUT2D eigenvalue weighted by atomic mass is 9.99. The highest BCUT2D eigenvalue weighted by molar-refractivity contribution is 5.66. The van der Waals surface area contributed by atoms with Gasteiger partial charge in [-0.05, 0) is 55.5 Å². The van der Waals surface area contributed by atoms with E-state index in [-0.39, 0.29) is 0 Å². The van der Waals surface area contributed by atoms with Crippen molar-refractivity contribution >= 4 is 11.5 Å². The predicted octanol–water partition coefficient (Wildman–Crippen LogP) is 3.50. The van der Waals surface area contributed by atoms with Crippen LogP contribution in [0, 0.1) is 6.92 Å². The average molecular weight is 281 g/mol. The molecule has 1 aliphatic heterocycles. The Morgan fingerprint density at radius 3 is 2.86 bits per heavy atom. The number of fused-ring (bicyclic) bond motifs is 1. The highest BCUT2D eigenvalue weighted by Crippen LogP contribution is 2.33. The topological polar surface area (TPSA) is 42.1 Å². The van der Waals surface area contributed by atoms with Crippen molar-refractivity contribution in [2.45, 2.75) is 39.7 Å². The molecule has 0 spiro atoms. The van der Waals surface area contributed by atoms with Crippen LogP contribution >= 0.6 is 0 Å². The number of hydrogen-bond acceptors (Lipinski definition) is 3. The molecule has 2 N–H and O–H groups in total. The Hall–Kier alpha value is -1.87. The van der Waals surface area contributed by atoms with Crippen molar-refractivity contribution in [1.29, 1.82) is 0 Å². The molecule has 0 radical (unpaired) electrons. The van der Waals surface area contributed by atoms with Crippen LogP contribution in [-0.2, 0) is 19.4 Å². The molecule has 1 aromatic heterocycles. The zero-order chi connectivity index (χ0) is 14.8. The van der Waals surface area contributed by atoms with Gasteiger partial charge in [0.15, 0.2) is 0 Å². The maximum Gasteiger partial charge on any atom is 0.133 e. The molecule has 3 rings (SSSR count). The molecule has 0 fully saturated rings. The second-order valence-electron chi connectivity index (χ2n) is 5.77. The van der Waals surface area contributed by atoms with Gasteiger partial charge in [-0.15, -0.1) is 0 Å². The van der Waals surface area contributed by atoms with Gasteiger partial charge in [0.2, 0.25) is 0 Å². The molecule has 0 atom stereocenters. The minimum absolute atomic E-state index is 0.567. The lowest BCUT2D eigenvalue weighted by Gasteiger charge is -2.31. The first-order chi connectivity index (χ1) is 10.2. The van der Waals surface area contributed by atoms with Gasteiger partial charge < -0.3 is 10.6 Å². The minimum atomic E-state index is 0.567. The maximum atomic E-state index is 5.84. The van der Waals surface area contributed by atoms with E-state index in [1.54, 1.807) is 0 Å². The summed E-state index contributed by atoms with van der Waals surface area (Å²) >= 11 is 0. The summed E-state index contributed by atoms with van der Waals surface area (Å²) < 4.78 is 0. The minimum Gasteiger partial charge on any atom is -0.326 e. The predicted molar refractivity (Wildman–Crippen MR) is 88.0 cm³/mol. The zero-order valence-electron chi connectivity index (χ0n) is 12.9. The number of pyridine rings is 1. The van der Waals surface area contributed by atoms with Crippen molar-refractivity contribution in [2.75, 3.05) is 11.4 Å². The van der Waals surface area contributed by atoms with Crippen LogP contribution in [0.25, 0.3) is 0 Å². The monoisotopic (exact) mass is 281 g/mol. The van der Waals surface area contributed by atoms with E-state index in [2.05, 4.69) is 49.1 Å². The quantitative estimate of drug-likeness (QED) is 0.936. The van der Waals surface area contributed by atoms with E-state index < -0.39 is 0 Å². The Morgan fingerprint density at radius 1 is 1.24 bits per heavy atom. The Kier molecular flexibility index (Phi) is 3.93.